The molecule has 1 aromatic heterocycles. The van der Waals surface area contributed by atoms with Crippen LogP contribution in [0.1, 0.15) is 0 Å². The van der Waals surface area contributed by atoms with E-state index in [1.165, 1.54) is 53.6 Å². The Hall–Kier alpha value is -5.44. The van der Waals surface area contributed by atoms with Gasteiger partial charge < -0.3 is 4.90 Å². The van der Waals surface area contributed by atoms with Crippen LogP contribution in [0.3, 0.4) is 0 Å². The molecule has 0 saturated heterocycles. The van der Waals surface area contributed by atoms with Crippen molar-refractivity contribution in [1.29, 1.82) is 0 Å². The number of hydrogen-bond donors (Lipinski definition) is 0. The fourth-order valence-electron chi connectivity index (χ4n) is 6.05. The van der Waals surface area contributed by atoms with Gasteiger partial charge in [0.05, 0.1) is 0 Å². The van der Waals surface area contributed by atoms with Crippen LogP contribution in [0, 0.1) is 0 Å². The summed E-state index contributed by atoms with van der Waals surface area (Å²) in [6.07, 6.45) is 0. The summed E-state index contributed by atoms with van der Waals surface area (Å²) in [6, 6.07) is 63.4. The number of fused-ring (bicyclic) bond motifs is 3. The molecule has 0 unspecified atom stereocenters. The first kappa shape index (κ1) is 26.2. The van der Waals surface area contributed by atoms with Crippen molar-refractivity contribution in [2.45, 2.75) is 0 Å². The average Bonchev–Trinajstić information content (AvgIpc) is 3.48. The van der Waals surface area contributed by atoms with Crippen LogP contribution >= 0.6 is 11.3 Å². The summed E-state index contributed by atoms with van der Waals surface area (Å²) in [6.45, 7) is 0. The molecule has 2 heteroatoms. The van der Waals surface area contributed by atoms with Gasteiger partial charge in [0.15, 0.2) is 0 Å². The molecule has 0 saturated carbocycles. The van der Waals surface area contributed by atoms with Crippen LogP contribution in [0.2, 0.25) is 0 Å². The maximum atomic E-state index is 2.37. The van der Waals surface area contributed by atoms with Crippen molar-refractivity contribution in [2.75, 3.05) is 4.90 Å². The number of hydrogen-bond acceptors (Lipinski definition) is 2. The lowest BCUT2D eigenvalue weighted by Crippen LogP contribution is -2.09. The third-order valence-corrected chi connectivity index (χ3v) is 9.43. The van der Waals surface area contributed by atoms with E-state index in [0.29, 0.717) is 0 Å². The van der Waals surface area contributed by atoms with E-state index in [1.54, 1.807) is 0 Å². The Morgan fingerprint density at radius 3 is 1.39 bits per heavy atom. The second-order valence-electron chi connectivity index (χ2n) is 11.0. The zero-order chi connectivity index (χ0) is 29.3. The molecule has 0 aliphatic rings. The van der Waals surface area contributed by atoms with Crippen LogP contribution < -0.4 is 4.90 Å². The zero-order valence-electron chi connectivity index (χ0n) is 24.1. The summed E-state index contributed by atoms with van der Waals surface area (Å²) in [4.78, 5) is 2.37. The molecule has 0 aliphatic heterocycles. The SMILES string of the molecule is c1ccc(-c2ccc(N(c3ccc(-c4cccc(-c5ccccc5)c4)cc3)c3ccc4sc5ccccc5c4c3)cc2)cc1. The summed E-state index contributed by atoms with van der Waals surface area (Å²) < 4.78 is 2.63. The number of nitrogens with zero attached hydrogens (tertiary/aromatic N) is 1. The van der Waals surface area contributed by atoms with Crippen LogP contribution in [0.5, 0.6) is 0 Å². The Labute approximate surface area is 261 Å². The molecule has 0 amide bonds. The molecule has 0 fully saturated rings. The molecule has 0 bridgehead atoms. The molecule has 0 spiro atoms. The highest BCUT2D eigenvalue weighted by Crippen LogP contribution is 2.41. The quantitative estimate of drug-likeness (QED) is 0.189. The van der Waals surface area contributed by atoms with Gasteiger partial charge in [-0.2, -0.15) is 0 Å². The maximum Gasteiger partial charge on any atom is 0.0468 e. The van der Waals surface area contributed by atoms with Crippen molar-refractivity contribution < 1.29 is 0 Å². The predicted octanol–water partition coefficient (Wildman–Crippen LogP) is 12.5. The van der Waals surface area contributed by atoms with Gasteiger partial charge in [0, 0.05) is 37.2 Å². The normalized spacial score (nSPS) is 11.2. The molecule has 0 N–H and O–H groups in total. The summed E-state index contributed by atoms with van der Waals surface area (Å²) >= 11 is 1.85. The van der Waals surface area contributed by atoms with Crippen LogP contribution in [-0.4, -0.2) is 0 Å². The first-order valence-electron chi connectivity index (χ1n) is 14.9. The lowest BCUT2D eigenvalue weighted by atomic mass is 9.99. The van der Waals surface area contributed by atoms with E-state index in [4.69, 9.17) is 0 Å². The van der Waals surface area contributed by atoms with Crippen LogP contribution in [-0.2, 0) is 0 Å². The lowest BCUT2D eigenvalue weighted by molar-refractivity contribution is 1.29. The van der Waals surface area contributed by atoms with Crippen molar-refractivity contribution in [3.05, 3.63) is 176 Å². The van der Waals surface area contributed by atoms with Gasteiger partial charge in [-0.1, -0.05) is 121 Å². The summed E-state index contributed by atoms with van der Waals surface area (Å²) in [5.74, 6) is 0. The average molecular weight is 580 g/mol. The topological polar surface area (TPSA) is 3.24 Å². The molecule has 1 heterocycles. The zero-order valence-corrected chi connectivity index (χ0v) is 24.9. The molecular weight excluding hydrogens is 551 g/mol. The smallest absolute Gasteiger partial charge is 0.0468 e. The number of thiophene rings is 1. The summed E-state index contributed by atoms with van der Waals surface area (Å²) in [5, 5.41) is 2.60. The van der Waals surface area contributed by atoms with E-state index in [0.717, 1.165) is 17.1 Å². The van der Waals surface area contributed by atoms with Gasteiger partial charge in [-0.3, -0.25) is 0 Å². The van der Waals surface area contributed by atoms with Gasteiger partial charge in [0.25, 0.3) is 0 Å². The minimum atomic E-state index is 1.12. The van der Waals surface area contributed by atoms with Gasteiger partial charge in [0.1, 0.15) is 0 Å². The monoisotopic (exact) mass is 579 g/mol. The fourth-order valence-corrected chi connectivity index (χ4v) is 7.13. The van der Waals surface area contributed by atoms with Gasteiger partial charge in [0.2, 0.25) is 0 Å². The largest absolute Gasteiger partial charge is 0.310 e. The van der Waals surface area contributed by atoms with Crippen molar-refractivity contribution in [1.82, 2.24) is 0 Å². The maximum absolute atomic E-state index is 2.37. The van der Waals surface area contributed by atoms with Gasteiger partial charge in [-0.05, 0) is 88.0 Å². The number of benzene rings is 7. The highest BCUT2D eigenvalue weighted by atomic mass is 32.1. The van der Waals surface area contributed by atoms with Crippen molar-refractivity contribution >= 4 is 48.6 Å². The van der Waals surface area contributed by atoms with E-state index in [2.05, 4.69) is 181 Å². The second-order valence-corrected chi connectivity index (χ2v) is 12.1. The lowest BCUT2D eigenvalue weighted by Gasteiger charge is -2.26. The second kappa shape index (κ2) is 11.3. The minimum Gasteiger partial charge on any atom is -0.310 e. The minimum absolute atomic E-state index is 1.12. The Kier molecular flexibility index (Phi) is 6.75. The van der Waals surface area contributed by atoms with Crippen molar-refractivity contribution in [2.24, 2.45) is 0 Å². The van der Waals surface area contributed by atoms with E-state index in [1.807, 2.05) is 11.3 Å². The third-order valence-electron chi connectivity index (χ3n) is 8.28. The summed E-state index contributed by atoms with van der Waals surface area (Å²) in [5.41, 5.74) is 10.7. The third kappa shape index (κ3) is 4.96. The molecule has 44 heavy (non-hydrogen) atoms. The van der Waals surface area contributed by atoms with Gasteiger partial charge in [-0.25, -0.2) is 0 Å². The Morgan fingerprint density at radius 1 is 0.295 bits per heavy atom. The Bertz CT molecular complexity index is 2200. The molecule has 0 radical (unpaired) electrons. The first-order valence-corrected chi connectivity index (χ1v) is 15.7. The van der Waals surface area contributed by atoms with Crippen LogP contribution in [0.4, 0.5) is 17.1 Å². The van der Waals surface area contributed by atoms with Crippen LogP contribution in [0.25, 0.3) is 53.6 Å². The molecule has 8 aromatic rings. The highest BCUT2D eigenvalue weighted by Gasteiger charge is 2.15. The fraction of sp³-hybridized carbons (Fsp3) is 0. The van der Waals surface area contributed by atoms with Gasteiger partial charge in [-0.15, -0.1) is 11.3 Å². The standard InChI is InChI=1S/C42H29NS/c1-3-10-30(11-4-1)32-18-22-36(23-19-32)43(38-26-27-42-40(29-38)39-16-7-8-17-41(39)44-42)37-24-20-33(21-25-37)35-15-9-14-34(28-35)31-12-5-2-6-13-31/h1-29H. The van der Waals surface area contributed by atoms with E-state index in [-0.39, 0.29) is 0 Å². The number of rotatable bonds is 6. The van der Waals surface area contributed by atoms with Crippen molar-refractivity contribution in [3.8, 4) is 33.4 Å². The Morgan fingerprint density at radius 2 is 0.750 bits per heavy atom. The predicted molar refractivity (Wildman–Crippen MR) is 190 cm³/mol. The molecule has 208 valence electrons. The molecule has 7 aromatic carbocycles. The van der Waals surface area contributed by atoms with E-state index in [9.17, 15) is 0 Å². The van der Waals surface area contributed by atoms with E-state index < -0.39 is 0 Å². The molecular formula is C42H29NS. The molecule has 0 aliphatic carbocycles. The molecule has 8 rings (SSSR count). The molecule has 1 nitrogen and oxygen atoms in total. The van der Waals surface area contributed by atoms with Crippen molar-refractivity contribution in [3.63, 3.8) is 0 Å². The Balaban J connectivity index is 1.21. The summed E-state index contributed by atoms with van der Waals surface area (Å²) in [7, 11) is 0. The highest BCUT2D eigenvalue weighted by molar-refractivity contribution is 7.25. The number of anilines is 3. The molecule has 0 atom stereocenters. The van der Waals surface area contributed by atoms with Gasteiger partial charge >= 0.3 is 0 Å². The first-order chi connectivity index (χ1) is 21.8. The van der Waals surface area contributed by atoms with E-state index >= 15 is 0 Å². The van der Waals surface area contributed by atoms with Crippen LogP contribution in [0.15, 0.2) is 176 Å².